The van der Waals surface area contributed by atoms with Crippen LogP contribution in [0, 0.1) is 12.8 Å². The van der Waals surface area contributed by atoms with Gasteiger partial charge in [-0.1, -0.05) is 0 Å². The van der Waals surface area contributed by atoms with E-state index in [-0.39, 0.29) is 12.0 Å². The van der Waals surface area contributed by atoms with Gasteiger partial charge in [-0.25, -0.2) is 4.79 Å². The van der Waals surface area contributed by atoms with Crippen LogP contribution in [0.5, 0.6) is 11.5 Å². The maximum absolute atomic E-state index is 12.1. The quantitative estimate of drug-likeness (QED) is 0.646. The number of halogens is 1. The zero-order valence-corrected chi connectivity index (χ0v) is 17.5. The molecule has 6 nitrogen and oxygen atoms in total. The zero-order valence-electron chi connectivity index (χ0n) is 15.9. The topological polar surface area (TPSA) is 63.2 Å². The largest absolute Gasteiger partial charge is 0.485 e. The molecular formula is C20H27BrO6. The average molecular weight is 443 g/mol. The van der Waals surface area contributed by atoms with Crippen molar-refractivity contribution in [3.63, 3.8) is 0 Å². The fourth-order valence-electron chi connectivity index (χ4n) is 3.48. The summed E-state index contributed by atoms with van der Waals surface area (Å²) in [5, 5.41) is 0. The maximum Gasteiger partial charge on any atom is 0.338 e. The first-order valence-corrected chi connectivity index (χ1v) is 10.3. The molecule has 0 saturated carbocycles. The second-order valence-corrected chi connectivity index (χ2v) is 7.77. The Bertz CT molecular complexity index is 650. The highest BCUT2D eigenvalue weighted by atomic mass is 79.9. The van der Waals surface area contributed by atoms with Gasteiger partial charge in [0.05, 0.1) is 17.1 Å². The number of hydrogen-bond acceptors (Lipinski definition) is 6. The molecular weight excluding hydrogens is 416 g/mol. The standard InChI is InChI=1S/C20H27BrO6/c1-13-15(20(22)23-2)11-16(21)19-18(13)27-17(12-26-19)14-5-9-24-7-3-4-8-25-10-6-14/h11,14,17H,3-10,12H2,1-2H3/t17-/m1/s1. The summed E-state index contributed by atoms with van der Waals surface area (Å²) in [6.45, 7) is 5.29. The van der Waals surface area contributed by atoms with Gasteiger partial charge in [0, 0.05) is 37.9 Å². The van der Waals surface area contributed by atoms with Crippen molar-refractivity contribution in [2.45, 2.75) is 38.7 Å². The van der Waals surface area contributed by atoms with Crippen LogP contribution in [0.15, 0.2) is 10.5 Å². The van der Waals surface area contributed by atoms with Gasteiger partial charge in [-0.15, -0.1) is 0 Å². The molecule has 2 aliphatic rings. The molecule has 2 aliphatic heterocycles. The Hall–Kier alpha value is -1.31. The van der Waals surface area contributed by atoms with Gasteiger partial charge in [-0.05, 0) is 54.6 Å². The summed E-state index contributed by atoms with van der Waals surface area (Å²) in [5.74, 6) is 1.12. The van der Waals surface area contributed by atoms with Crippen LogP contribution < -0.4 is 9.47 Å². The van der Waals surface area contributed by atoms with Crippen LogP contribution in [0.25, 0.3) is 0 Å². The van der Waals surface area contributed by atoms with Crippen LogP contribution >= 0.6 is 15.9 Å². The van der Waals surface area contributed by atoms with Crippen molar-refractivity contribution in [2.75, 3.05) is 40.1 Å². The van der Waals surface area contributed by atoms with Crippen molar-refractivity contribution in [1.29, 1.82) is 0 Å². The smallest absolute Gasteiger partial charge is 0.338 e. The van der Waals surface area contributed by atoms with E-state index in [0.717, 1.165) is 44.5 Å². The molecule has 1 atom stereocenters. The molecule has 2 heterocycles. The molecule has 7 heteroatoms. The molecule has 0 bridgehead atoms. The minimum atomic E-state index is -0.390. The van der Waals surface area contributed by atoms with E-state index >= 15 is 0 Å². The number of ether oxygens (including phenoxy) is 5. The minimum Gasteiger partial charge on any atom is -0.485 e. The van der Waals surface area contributed by atoms with Crippen LogP contribution in [-0.4, -0.2) is 52.2 Å². The highest BCUT2D eigenvalue weighted by Crippen LogP contribution is 2.44. The number of carbonyl (C=O) groups excluding carboxylic acids is 1. The lowest BCUT2D eigenvalue weighted by atomic mass is 9.94. The first-order chi connectivity index (χ1) is 13.1. The van der Waals surface area contributed by atoms with Crippen LogP contribution in [-0.2, 0) is 14.2 Å². The number of hydrogen-bond donors (Lipinski definition) is 0. The molecule has 0 spiro atoms. The van der Waals surface area contributed by atoms with Crippen molar-refractivity contribution in [3.05, 3.63) is 21.7 Å². The fraction of sp³-hybridized carbons (Fsp3) is 0.650. The Labute approximate surface area is 168 Å². The Balaban J connectivity index is 1.78. The van der Waals surface area contributed by atoms with Gasteiger partial charge in [0.2, 0.25) is 0 Å². The van der Waals surface area contributed by atoms with Crippen LogP contribution in [0.3, 0.4) is 0 Å². The summed E-state index contributed by atoms with van der Waals surface area (Å²) in [4.78, 5) is 12.1. The van der Waals surface area contributed by atoms with Crippen LogP contribution in [0.1, 0.15) is 41.6 Å². The van der Waals surface area contributed by atoms with Crippen molar-refractivity contribution >= 4 is 21.9 Å². The van der Waals surface area contributed by atoms with E-state index in [2.05, 4.69) is 15.9 Å². The zero-order chi connectivity index (χ0) is 19.2. The van der Waals surface area contributed by atoms with Gasteiger partial charge in [-0.3, -0.25) is 0 Å². The molecule has 0 amide bonds. The van der Waals surface area contributed by atoms with Crippen molar-refractivity contribution in [3.8, 4) is 11.5 Å². The molecule has 1 fully saturated rings. The second-order valence-electron chi connectivity index (χ2n) is 6.92. The van der Waals surface area contributed by atoms with E-state index in [9.17, 15) is 4.79 Å². The molecule has 0 unspecified atom stereocenters. The van der Waals surface area contributed by atoms with Crippen molar-refractivity contribution in [2.24, 2.45) is 5.92 Å². The third kappa shape index (κ3) is 4.95. The van der Waals surface area contributed by atoms with Crippen molar-refractivity contribution < 1.29 is 28.5 Å². The first kappa shape index (κ1) is 20.4. The summed E-state index contributed by atoms with van der Waals surface area (Å²) in [6, 6.07) is 1.72. The Morgan fingerprint density at radius 1 is 1.11 bits per heavy atom. The number of methoxy groups -OCH3 is 1. The molecule has 3 rings (SSSR count). The SMILES string of the molecule is COC(=O)c1cc(Br)c2c(c1C)O[C@@H](C1CCOCCCCOCC1)CO2. The summed E-state index contributed by atoms with van der Waals surface area (Å²) in [6.07, 6.45) is 3.74. The van der Waals surface area contributed by atoms with Crippen LogP contribution in [0.2, 0.25) is 0 Å². The van der Waals surface area contributed by atoms with E-state index in [1.165, 1.54) is 7.11 Å². The highest BCUT2D eigenvalue weighted by Gasteiger charge is 2.32. The molecule has 0 aromatic heterocycles. The molecule has 27 heavy (non-hydrogen) atoms. The molecule has 0 aliphatic carbocycles. The molecule has 0 radical (unpaired) electrons. The fourth-order valence-corrected chi connectivity index (χ4v) is 4.00. The molecule has 0 N–H and O–H groups in total. The Morgan fingerprint density at radius 3 is 2.41 bits per heavy atom. The van der Waals surface area contributed by atoms with E-state index in [4.69, 9.17) is 23.7 Å². The summed E-state index contributed by atoms with van der Waals surface area (Å²) in [7, 11) is 1.37. The Morgan fingerprint density at radius 2 is 1.78 bits per heavy atom. The normalized spacial score (nSPS) is 22.0. The molecule has 1 saturated heterocycles. The van der Waals surface area contributed by atoms with E-state index < -0.39 is 5.97 Å². The Kier molecular flexibility index (Phi) is 7.38. The van der Waals surface area contributed by atoms with E-state index in [1.807, 2.05) is 6.92 Å². The third-order valence-electron chi connectivity index (χ3n) is 5.12. The predicted molar refractivity (Wildman–Crippen MR) is 104 cm³/mol. The summed E-state index contributed by atoms with van der Waals surface area (Å²) >= 11 is 3.48. The second kappa shape index (κ2) is 9.75. The lowest BCUT2D eigenvalue weighted by molar-refractivity contribution is 0.0163. The van der Waals surface area contributed by atoms with Crippen LogP contribution in [0.4, 0.5) is 0 Å². The molecule has 1 aromatic rings. The lowest BCUT2D eigenvalue weighted by Gasteiger charge is -2.34. The van der Waals surface area contributed by atoms with Gasteiger partial charge in [-0.2, -0.15) is 0 Å². The van der Waals surface area contributed by atoms with E-state index in [1.54, 1.807) is 6.07 Å². The number of benzene rings is 1. The van der Waals surface area contributed by atoms with Gasteiger partial charge >= 0.3 is 5.97 Å². The monoisotopic (exact) mass is 442 g/mol. The number of carbonyl (C=O) groups is 1. The lowest BCUT2D eigenvalue weighted by Crippen LogP contribution is -2.38. The predicted octanol–water partition coefficient (Wildman–Crippen LogP) is 3.91. The van der Waals surface area contributed by atoms with E-state index in [0.29, 0.717) is 41.4 Å². The molecule has 150 valence electrons. The number of rotatable bonds is 2. The van der Waals surface area contributed by atoms with Gasteiger partial charge in [0.15, 0.2) is 11.5 Å². The van der Waals surface area contributed by atoms with Gasteiger partial charge in [0.1, 0.15) is 12.7 Å². The summed E-state index contributed by atoms with van der Waals surface area (Å²) < 4.78 is 29.4. The highest BCUT2D eigenvalue weighted by molar-refractivity contribution is 9.10. The minimum absolute atomic E-state index is 0.107. The first-order valence-electron chi connectivity index (χ1n) is 9.48. The molecule has 1 aromatic carbocycles. The maximum atomic E-state index is 12.1. The third-order valence-corrected chi connectivity index (χ3v) is 5.71. The number of esters is 1. The van der Waals surface area contributed by atoms with Gasteiger partial charge < -0.3 is 23.7 Å². The summed E-state index contributed by atoms with van der Waals surface area (Å²) in [5.41, 5.74) is 1.20. The average Bonchev–Trinajstić information content (AvgIpc) is 2.75. The van der Waals surface area contributed by atoms with Crippen molar-refractivity contribution in [1.82, 2.24) is 0 Å². The van der Waals surface area contributed by atoms with Gasteiger partial charge in [0.25, 0.3) is 0 Å². The number of fused-ring (bicyclic) bond motifs is 1.